The Kier molecular flexibility index (Phi) is 1.78. The van der Waals surface area contributed by atoms with Crippen LogP contribution in [0.2, 0.25) is 0 Å². The maximum atomic E-state index is 10.6. The molecule has 0 heterocycles. The van der Waals surface area contributed by atoms with Crippen molar-refractivity contribution >= 4 is 32.9 Å². The van der Waals surface area contributed by atoms with Gasteiger partial charge in [-0.05, 0) is 12.8 Å². The van der Waals surface area contributed by atoms with Gasteiger partial charge in [0.1, 0.15) is 0 Å². The summed E-state index contributed by atoms with van der Waals surface area (Å²) >= 11 is 1.65. The maximum Gasteiger partial charge on any atom is 0.222 e. The van der Waals surface area contributed by atoms with Gasteiger partial charge in [-0.15, -0.1) is 0 Å². The number of halogens is 1. The summed E-state index contributed by atoms with van der Waals surface area (Å²) in [6, 6.07) is 0. The molecule has 0 aliphatic heterocycles. The van der Waals surface area contributed by atoms with E-state index in [9.17, 15) is 8.42 Å². The maximum absolute atomic E-state index is 10.6. The molecule has 3 nitrogen and oxygen atoms in total. The van der Waals surface area contributed by atoms with Crippen LogP contribution >= 0.6 is 22.9 Å². The normalized spacial score (nSPS) is 21.1. The Labute approximate surface area is 62.4 Å². The molecule has 0 radical (unpaired) electrons. The monoisotopic (exact) mass is 247 g/mol. The average molecular weight is 247 g/mol. The Balaban J connectivity index is 2.65. The summed E-state index contributed by atoms with van der Waals surface area (Å²) in [5.41, 5.74) is 0. The molecule has 1 N–H and O–H groups in total. The lowest BCUT2D eigenvalue weighted by molar-refractivity contribution is 0.594. The molecule has 0 atom stereocenters. The standard InChI is InChI=1S/C3H6INO2S/c4-5-8(6,7)3-1-2-3/h3,5H,1-2H2. The molecule has 0 amide bonds. The smallest absolute Gasteiger partial charge is 0.211 e. The van der Waals surface area contributed by atoms with Crippen LogP contribution in [0, 0.1) is 0 Å². The van der Waals surface area contributed by atoms with E-state index in [1.807, 2.05) is 0 Å². The van der Waals surface area contributed by atoms with Crippen LogP contribution in [0.5, 0.6) is 0 Å². The van der Waals surface area contributed by atoms with E-state index in [1.54, 1.807) is 22.9 Å². The van der Waals surface area contributed by atoms with Crippen LogP contribution < -0.4 is 2.94 Å². The van der Waals surface area contributed by atoms with E-state index in [0.29, 0.717) is 0 Å². The Hall–Kier alpha value is 0.640. The summed E-state index contributed by atoms with van der Waals surface area (Å²) in [5.74, 6) is 0. The van der Waals surface area contributed by atoms with Crippen molar-refractivity contribution in [2.75, 3.05) is 0 Å². The quantitative estimate of drug-likeness (QED) is 0.567. The van der Waals surface area contributed by atoms with Crippen molar-refractivity contribution in [1.29, 1.82) is 0 Å². The molecular weight excluding hydrogens is 241 g/mol. The first-order valence-electron chi connectivity index (χ1n) is 2.28. The van der Waals surface area contributed by atoms with E-state index in [2.05, 4.69) is 2.94 Å². The summed E-state index contributed by atoms with van der Waals surface area (Å²) in [6.07, 6.45) is 1.66. The van der Waals surface area contributed by atoms with Crippen LogP contribution in [-0.4, -0.2) is 13.7 Å². The summed E-state index contributed by atoms with van der Waals surface area (Å²) in [6.45, 7) is 0. The third-order valence-electron chi connectivity index (χ3n) is 1.07. The van der Waals surface area contributed by atoms with Crippen molar-refractivity contribution in [1.82, 2.24) is 2.94 Å². The second kappa shape index (κ2) is 2.11. The number of nitrogens with one attached hydrogen (secondary N) is 1. The van der Waals surface area contributed by atoms with E-state index in [1.165, 1.54) is 0 Å². The van der Waals surface area contributed by atoms with Gasteiger partial charge in [-0.3, -0.25) is 0 Å². The van der Waals surface area contributed by atoms with Gasteiger partial charge in [-0.1, -0.05) is 0 Å². The van der Waals surface area contributed by atoms with E-state index < -0.39 is 10.0 Å². The molecule has 0 spiro atoms. The molecule has 0 bridgehead atoms. The van der Waals surface area contributed by atoms with Crippen molar-refractivity contribution in [2.24, 2.45) is 0 Å². The van der Waals surface area contributed by atoms with Crippen molar-refractivity contribution in [3.63, 3.8) is 0 Å². The lowest BCUT2D eigenvalue weighted by atomic mass is 11.0. The van der Waals surface area contributed by atoms with Crippen LogP contribution in [0.25, 0.3) is 0 Å². The van der Waals surface area contributed by atoms with Crippen molar-refractivity contribution in [3.05, 3.63) is 0 Å². The molecule has 0 unspecified atom stereocenters. The van der Waals surface area contributed by atoms with Gasteiger partial charge in [0, 0.05) is 22.9 Å². The van der Waals surface area contributed by atoms with Crippen LogP contribution in [-0.2, 0) is 10.0 Å². The largest absolute Gasteiger partial charge is 0.222 e. The second-order valence-corrected chi connectivity index (χ2v) is 5.05. The third kappa shape index (κ3) is 1.32. The minimum atomic E-state index is -2.89. The van der Waals surface area contributed by atoms with Gasteiger partial charge in [0.05, 0.1) is 5.25 Å². The fourth-order valence-corrected chi connectivity index (χ4v) is 2.40. The highest BCUT2D eigenvalue weighted by molar-refractivity contribution is 14.1. The SMILES string of the molecule is O=S(=O)(NI)C1CC1. The summed E-state index contributed by atoms with van der Waals surface area (Å²) in [4.78, 5) is 0. The van der Waals surface area contributed by atoms with Gasteiger partial charge in [0.2, 0.25) is 10.0 Å². The number of rotatable bonds is 2. The Morgan fingerprint density at radius 2 is 2.00 bits per heavy atom. The Morgan fingerprint density at radius 1 is 1.50 bits per heavy atom. The highest BCUT2D eigenvalue weighted by Crippen LogP contribution is 2.27. The van der Waals surface area contributed by atoms with Gasteiger partial charge in [-0.2, -0.15) is 2.94 Å². The molecule has 1 fully saturated rings. The zero-order valence-electron chi connectivity index (χ0n) is 4.09. The van der Waals surface area contributed by atoms with Gasteiger partial charge in [-0.25, -0.2) is 8.42 Å². The van der Waals surface area contributed by atoms with Crippen LogP contribution in [0.3, 0.4) is 0 Å². The zero-order valence-corrected chi connectivity index (χ0v) is 7.07. The highest BCUT2D eigenvalue weighted by Gasteiger charge is 2.34. The summed E-state index contributed by atoms with van der Waals surface area (Å²) in [5, 5.41) is -0.0839. The van der Waals surface area contributed by atoms with Crippen LogP contribution in [0.15, 0.2) is 0 Å². The summed E-state index contributed by atoms with van der Waals surface area (Å²) < 4.78 is 23.5. The fraction of sp³-hybridized carbons (Fsp3) is 1.00. The minimum absolute atomic E-state index is 0.0839. The molecule has 0 saturated heterocycles. The van der Waals surface area contributed by atoms with Crippen molar-refractivity contribution in [2.45, 2.75) is 18.1 Å². The first-order chi connectivity index (χ1) is 3.67. The molecule has 1 aliphatic rings. The van der Waals surface area contributed by atoms with E-state index in [0.717, 1.165) is 12.8 Å². The number of hydrogen-bond acceptors (Lipinski definition) is 2. The lowest BCUT2D eigenvalue weighted by Gasteiger charge is -1.92. The predicted octanol–water partition coefficient (Wildman–Crippen LogP) is 0.418. The topological polar surface area (TPSA) is 46.2 Å². The number of hydrogen-bond donors (Lipinski definition) is 1. The van der Waals surface area contributed by atoms with Gasteiger partial charge >= 0.3 is 0 Å². The average Bonchev–Trinajstić information content (AvgIpc) is 2.44. The van der Waals surface area contributed by atoms with E-state index in [4.69, 9.17) is 0 Å². The van der Waals surface area contributed by atoms with Crippen molar-refractivity contribution in [3.8, 4) is 0 Å². The molecule has 1 saturated carbocycles. The van der Waals surface area contributed by atoms with Crippen LogP contribution in [0.4, 0.5) is 0 Å². The Morgan fingerprint density at radius 3 is 2.12 bits per heavy atom. The molecule has 1 aliphatic carbocycles. The van der Waals surface area contributed by atoms with Gasteiger partial charge in [0.15, 0.2) is 0 Å². The fourth-order valence-electron chi connectivity index (χ4n) is 0.441. The molecular formula is C3H6INO2S. The third-order valence-corrected chi connectivity index (χ3v) is 4.48. The number of sulfonamides is 1. The first kappa shape index (κ1) is 6.76. The highest BCUT2D eigenvalue weighted by atomic mass is 127. The van der Waals surface area contributed by atoms with Crippen LogP contribution in [0.1, 0.15) is 12.8 Å². The molecule has 5 heteroatoms. The van der Waals surface area contributed by atoms with E-state index in [-0.39, 0.29) is 5.25 Å². The van der Waals surface area contributed by atoms with Gasteiger partial charge < -0.3 is 0 Å². The molecule has 8 heavy (non-hydrogen) atoms. The van der Waals surface area contributed by atoms with Crippen molar-refractivity contribution < 1.29 is 8.42 Å². The minimum Gasteiger partial charge on any atom is -0.211 e. The molecule has 0 aromatic rings. The van der Waals surface area contributed by atoms with Gasteiger partial charge in [0.25, 0.3) is 0 Å². The molecule has 1 rings (SSSR count). The summed E-state index contributed by atoms with van der Waals surface area (Å²) in [7, 11) is -2.89. The molecule has 0 aromatic carbocycles. The van der Waals surface area contributed by atoms with E-state index >= 15 is 0 Å². The predicted molar refractivity (Wildman–Crippen MR) is 39.1 cm³/mol. The second-order valence-electron chi connectivity index (χ2n) is 1.82. The molecule has 48 valence electrons. The lowest BCUT2D eigenvalue weighted by Crippen LogP contribution is -2.17. The zero-order chi connectivity index (χ0) is 6.20. The Bertz CT molecular complexity index is 172. The molecule has 0 aromatic heterocycles. The first-order valence-corrected chi connectivity index (χ1v) is 4.90.